The van der Waals surface area contributed by atoms with Gasteiger partial charge in [-0.25, -0.2) is 8.78 Å². The van der Waals surface area contributed by atoms with E-state index in [0.717, 1.165) is 57.0 Å². The summed E-state index contributed by atoms with van der Waals surface area (Å²) in [5.74, 6) is -1.14. The Bertz CT molecular complexity index is 509. The van der Waals surface area contributed by atoms with Gasteiger partial charge in [0.05, 0.1) is 0 Å². The average molecular weight is 294 g/mol. The van der Waals surface area contributed by atoms with Crippen LogP contribution in [0.2, 0.25) is 0 Å². The first-order chi connectivity index (χ1) is 10.1. The zero-order valence-corrected chi connectivity index (χ0v) is 11.9. The Kier molecular flexibility index (Phi) is 4.19. The van der Waals surface area contributed by atoms with Crippen LogP contribution in [0.1, 0.15) is 36.0 Å². The van der Waals surface area contributed by atoms with Crippen LogP contribution in [0.3, 0.4) is 0 Å². The lowest BCUT2D eigenvalue weighted by Crippen LogP contribution is -2.43. The van der Waals surface area contributed by atoms with E-state index in [4.69, 9.17) is 0 Å². The molecule has 2 aliphatic rings. The fraction of sp³-hybridized carbons (Fsp3) is 0.562. The van der Waals surface area contributed by atoms with E-state index in [9.17, 15) is 13.6 Å². The van der Waals surface area contributed by atoms with Gasteiger partial charge in [-0.3, -0.25) is 4.79 Å². The molecule has 1 amide bonds. The van der Waals surface area contributed by atoms with Crippen LogP contribution in [0.25, 0.3) is 0 Å². The first-order valence-corrected chi connectivity index (χ1v) is 7.63. The number of hydrogen-bond donors (Lipinski definition) is 1. The maximum atomic E-state index is 13.3. The quantitative estimate of drug-likeness (QED) is 0.909. The largest absolute Gasteiger partial charge is 0.335 e. The maximum absolute atomic E-state index is 13.3. The molecule has 1 atom stereocenters. The third-order valence-corrected chi connectivity index (χ3v) is 4.60. The van der Waals surface area contributed by atoms with E-state index < -0.39 is 11.6 Å². The number of nitrogens with one attached hydrogen (secondary N) is 1. The Labute approximate surface area is 123 Å². The molecule has 1 N–H and O–H groups in total. The Hall–Kier alpha value is -1.49. The molecular weight excluding hydrogens is 274 g/mol. The smallest absolute Gasteiger partial charge is 0.254 e. The highest BCUT2D eigenvalue weighted by molar-refractivity contribution is 5.94. The number of nitrogens with zero attached hydrogens (tertiary/aromatic N) is 1. The molecule has 3 rings (SSSR count). The molecule has 0 aromatic heterocycles. The van der Waals surface area contributed by atoms with Crippen LogP contribution in [0.15, 0.2) is 18.2 Å². The number of halogens is 2. The van der Waals surface area contributed by atoms with E-state index in [0.29, 0.717) is 12.5 Å². The number of rotatable bonds is 2. The van der Waals surface area contributed by atoms with Gasteiger partial charge in [0.1, 0.15) is 11.6 Å². The summed E-state index contributed by atoms with van der Waals surface area (Å²) in [7, 11) is 0. The van der Waals surface area contributed by atoms with Crippen molar-refractivity contribution in [2.45, 2.75) is 31.7 Å². The number of likely N-dealkylation sites (tertiary alicyclic amines) is 1. The molecule has 1 aromatic rings. The summed E-state index contributed by atoms with van der Waals surface area (Å²) in [6.07, 6.45) is 4.09. The van der Waals surface area contributed by atoms with Crippen molar-refractivity contribution >= 4 is 5.91 Å². The maximum Gasteiger partial charge on any atom is 0.254 e. The fourth-order valence-corrected chi connectivity index (χ4v) is 3.61. The monoisotopic (exact) mass is 294 g/mol. The molecule has 1 unspecified atom stereocenters. The van der Waals surface area contributed by atoms with E-state index in [1.165, 1.54) is 0 Å². The normalized spacial score (nSPS) is 23.5. The van der Waals surface area contributed by atoms with Crippen LogP contribution >= 0.6 is 0 Å². The number of piperidine rings is 1. The van der Waals surface area contributed by atoms with E-state index in [1.54, 1.807) is 0 Å². The Morgan fingerprint density at radius 3 is 2.43 bits per heavy atom. The highest BCUT2D eigenvalue weighted by atomic mass is 19.1. The average Bonchev–Trinajstić information content (AvgIpc) is 2.95. The molecule has 2 saturated heterocycles. The van der Waals surface area contributed by atoms with Gasteiger partial charge in [0.25, 0.3) is 5.91 Å². The zero-order valence-electron chi connectivity index (χ0n) is 11.9. The summed E-state index contributed by atoms with van der Waals surface area (Å²) >= 11 is 0. The molecule has 0 radical (unpaired) electrons. The molecule has 0 saturated carbocycles. The Morgan fingerprint density at radius 2 is 1.76 bits per heavy atom. The lowest BCUT2D eigenvalue weighted by atomic mass is 9.88. The van der Waals surface area contributed by atoms with Gasteiger partial charge in [-0.2, -0.15) is 0 Å². The van der Waals surface area contributed by atoms with Gasteiger partial charge in [0.15, 0.2) is 0 Å². The highest BCUT2D eigenvalue weighted by Gasteiger charge is 2.35. The summed E-state index contributed by atoms with van der Waals surface area (Å²) in [4.78, 5) is 14.4. The first-order valence-electron chi connectivity index (χ1n) is 7.63. The van der Waals surface area contributed by atoms with Crippen LogP contribution in [-0.4, -0.2) is 36.5 Å². The van der Waals surface area contributed by atoms with Crippen molar-refractivity contribution in [3.05, 3.63) is 35.4 Å². The molecule has 5 heteroatoms. The molecule has 0 aliphatic carbocycles. The van der Waals surface area contributed by atoms with E-state index in [1.807, 2.05) is 4.90 Å². The van der Waals surface area contributed by atoms with Crippen molar-refractivity contribution in [2.24, 2.45) is 5.92 Å². The van der Waals surface area contributed by atoms with Crippen LogP contribution < -0.4 is 5.32 Å². The van der Waals surface area contributed by atoms with Crippen molar-refractivity contribution in [1.82, 2.24) is 10.2 Å². The van der Waals surface area contributed by atoms with Crippen LogP contribution in [0.5, 0.6) is 0 Å². The molecule has 3 nitrogen and oxygen atoms in total. The van der Waals surface area contributed by atoms with Gasteiger partial charge in [-0.05, 0) is 56.8 Å². The minimum atomic E-state index is -0.698. The van der Waals surface area contributed by atoms with E-state index in [2.05, 4.69) is 5.32 Å². The lowest BCUT2D eigenvalue weighted by Gasteiger charge is -2.34. The van der Waals surface area contributed by atoms with Crippen molar-refractivity contribution in [1.29, 1.82) is 0 Å². The molecular formula is C16H20F2N2O. The second-order valence-electron chi connectivity index (χ2n) is 5.95. The van der Waals surface area contributed by atoms with Crippen molar-refractivity contribution < 1.29 is 13.6 Å². The summed E-state index contributed by atoms with van der Waals surface area (Å²) in [5.41, 5.74) is 0.119. The van der Waals surface area contributed by atoms with E-state index >= 15 is 0 Å². The van der Waals surface area contributed by atoms with Gasteiger partial charge in [-0.1, -0.05) is 0 Å². The van der Waals surface area contributed by atoms with E-state index in [-0.39, 0.29) is 17.5 Å². The topological polar surface area (TPSA) is 32.3 Å². The number of amides is 1. The van der Waals surface area contributed by atoms with Gasteiger partial charge < -0.3 is 10.2 Å². The predicted molar refractivity (Wildman–Crippen MR) is 76.0 cm³/mol. The molecule has 114 valence electrons. The Morgan fingerprint density at radius 1 is 1.10 bits per heavy atom. The third kappa shape index (κ3) is 3.07. The molecule has 1 aromatic carbocycles. The van der Waals surface area contributed by atoms with Crippen LogP contribution in [0, 0.1) is 17.6 Å². The van der Waals surface area contributed by atoms with Crippen molar-refractivity contribution in [2.75, 3.05) is 19.6 Å². The molecule has 2 aliphatic heterocycles. The SMILES string of the molecule is O=C(c1cc(F)cc(F)c1)N1CCCC1C1CCNCC1. The van der Waals surface area contributed by atoms with Gasteiger partial charge in [0.2, 0.25) is 0 Å². The first kappa shape index (κ1) is 14.4. The second-order valence-corrected chi connectivity index (χ2v) is 5.95. The molecule has 0 spiro atoms. The van der Waals surface area contributed by atoms with Gasteiger partial charge in [0, 0.05) is 24.2 Å². The third-order valence-electron chi connectivity index (χ3n) is 4.60. The molecule has 21 heavy (non-hydrogen) atoms. The zero-order chi connectivity index (χ0) is 14.8. The van der Waals surface area contributed by atoms with Crippen molar-refractivity contribution in [3.8, 4) is 0 Å². The number of carbonyl (C=O) groups is 1. The number of hydrogen-bond acceptors (Lipinski definition) is 2. The van der Waals surface area contributed by atoms with Crippen LogP contribution in [-0.2, 0) is 0 Å². The number of benzene rings is 1. The van der Waals surface area contributed by atoms with Gasteiger partial charge in [-0.15, -0.1) is 0 Å². The minimum Gasteiger partial charge on any atom is -0.335 e. The second kappa shape index (κ2) is 6.10. The summed E-state index contributed by atoms with van der Waals surface area (Å²) in [6.45, 7) is 2.65. The lowest BCUT2D eigenvalue weighted by molar-refractivity contribution is 0.0665. The standard InChI is InChI=1S/C16H20F2N2O/c17-13-8-12(9-14(18)10-13)16(21)20-7-1-2-15(20)11-3-5-19-6-4-11/h8-11,15,19H,1-7H2. The van der Waals surface area contributed by atoms with Gasteiger partial charge >= 0.3 is 0 Å². The number of carbonyl (C=O) groups excluding carboxylic acids is 1. The predicted octanol–water partition coefficient (Wildman–Crippen LogP) is 2.57. The molecule has 0 bridgehead atoms. The molecule has 2 fully saturated rings. The minimum absolute atomic E-state index is 0.119. The van der Waals surface area contributed by atoms with Crippen LogP contribution in [0.4, 0.5) is 8.78 Å². The highest BCUT2D eigenvalue weighted by Crippen LogP contribution is 2.30. The fourth-order valence-electron chi connectivity index (χ4n) is 3.61. The summed E-state index contributed by atoms with van der Waals surface area (Å²) in [5, 5.41) is 3.33. The van der Waals surface area contributed by atoms with Crippen molar-refractivity contribution in [3.63, 3.8) is 0 Å². The summed E-state index contributed by atoms with van der Waals surface area (Å²) < 4.78 is 26.6. The Balaban J connectivity index is 1.79. The summed E-state index contributed by atoms with van der Waals surface area (Å²) in [6, 6.07) is 3.27. The molecule has 2 heterocycles.